The molecule has 1 heterocycles. The molecule has 2 rings (SSSR count). The molecule has 2 N–H and O–H groups in total. The molecular weight excluding hydrogens is 266 g/mol. The minimum atomic E-state index is -4.36. The summed E-state index contributed by atoms with van der Waals surface area (Å²) in [5.74, 6) is 0. The highest BCUT2D eigenvalue weighted by atomic mass is 32.2. The Kier molecular flexibility index (Phi) is 4.73. The van der Waals surface area contributed by atoms with Crippen LogP contribution in [-0.2, 0) is 14.9 Å². The number of aliphatic hydroxyl groups excluding tert-OH is 1. The van der Waals surface area contributed by atoms with Crippen molar-refractivity contribution in [3.63, 3.8) is 0 Å². The Hall–Kier alpha value is -1.55. The van der Waals surface area contributed by atoms with E-state index < -0.39 is 19.9 Å². The standard InChI is InChI=1S/C6H5NO5S.C3H6O2/c8-7(9)5-2-1-3-6(4-5)13(10,11)12;4-1-3-2-5-3/h1-4H,(H,10,11,12);3-4H,1-2H2. The summed E-state index contributed by atoms with van der Waals surface area (Å²) in [5.41, 5.74) is -0.380. The van der Waals surface area contributed by atoms with Gasteiger partial charge < -0.3 is 9.84 Å². The quantitative estimate of drug-likeness (QED) is 0.349. The van der Waals surface area contributed by atoms with E-state index in [4.69, 9.17) is 9.66 Å². The SMILES string of the molecule is O=[N+]([O-])c1cccc(S(=O)(=O)O)c1.OCC1CO1. The van der Waals surface area contributed by atoms with Crippen molar-refractivity contribution in [2.75, 3.05) is 13.2 Å². The largest absolute Gasteiger partial charge is 0.394 e. The molecule has 0 spiro atoms. The summed E-state index contributed by atoms with van der Waals surface area (Å²) in [6, 6.07) is 4.17. The number of ether oxygens (including phenoxy) is 1. The Morgan fingerprint density at radius 2 is 2.11 bits per heavy atom. The van der Waals surface area contributed by atoms with Crippen LogP contribution in [0.4, 0.5) is 5.69 Å². The first-order chi connectivity index (χ1) is 8.34. The fraction of sp³-hybridized carbons (Fsp3) is 0.333. The van der Waals surface area contributed by atoms with Crippen molar-refractivity contribution in [3.05, 3.63) is 34.4 Å². The fourth-order valence-electron chi connectivity index (χ4n) is 0.931. The molecule has 100 valence electrons. The van der Waals surface area contributed by atoms with Crippen molar-refractivity contribution in [1.82, 2.24) is 0 Å². The molecule has 0 aliphatic carbocycles. The molecule has 0 bridgehead atoms. The second kappa shape index (κ2) is 5.87. The monoisotopic (exact) mass is 277 g/mol. The lowest BCUT2D eigenvalue weighted by molar-refractivity contribution is -0.385. The summed E-state index contributed by atoms with van der Waals surface area (Å²) in [6.45, 7) is 0.955. The average molecular weight is 277 g/mol. The van der Waals surface area contributed by atoms with E-state index in [1.807, 2.05) is 0 Å². The molecule has 1 fully saturated rings. The van der Waals surface area contributed by atoms with Gasteiger partial charge in [0.05, 0.1) is 18.1 Å². The van der Waals surface area contributed by atoms with Crippen LogP contribution in [0.5, 0.6) is 0 Å². The van der Waals surface area contributed by atoms with Gasteiger partial charge in [-0.3, -0.25) is 14.7 Å². The predicted molar refractivity (Wildman–Crippen MR) is 59.7 cm³/mol. The number of epoxide rings is 1. The van der Waals surface area contributed by atoms with Crippen molar-refractivity contribution < 1.29 is 27.7 Å². The number of nitrogens with zero attached hydrogens (tertiary/aromatic N) is 1. The van der Waals surface area contributed by atoms with Crippen LogP contribution in [0.1, 0.15) is 0 Å². The van der Waals surface area contributed by atoms with Crippen LogP contribution in [0, 0.1) is 10.1 Å². The van der Waals surface area contributed by atoms with Gasteiger partial charge in [0, 0.05) is 12.1 Å². The topological polar surface area (TPSA) is 130 Å². The number of nitro groups is 1. The highest BCUT2D eigenvalue weighted by Gasteiger charge is 2.19. The van der Waals surface area contributed by atoms with Crippen LogP contribution < -0.4 is 0 Å². The molecule has 1 atom stereocenters. The Bertz CT molecular complexity index is 523. The van der Waals surface area contributed by atoms with Crippen molar-refractivity contribution in [3.8, 4) is 0 Å². The van der Waals surface area contributed by atoms with E-state index in [0.717, 1.165) is 24.8 Å². The van der Waals surface area contributed by atoms with Crippen molar-refractivity contribution in [1.29, 1.82) is 0 Å². The van der Waals surface area contributed by atoms with Gasteiger partial charge in [0.1, 0.15) is 11.0 Å². The van der Waals surface area contributed by atoms with E-state index in [9.17, 15) is 18.5 Å². The molecule has 0 amide bonds. The number of non-ortho nitro benzene ring substituents is 1. The maximum absolute atomic E-state index is 10.5. The first kappa shape index (κ1) is 14.5. The van der Waals surface area contributed by atoms with Crippen molar-refractivity contribution >= 4 is 15.8 Å². The minimum absolute atomic E-state index is 0.190. The molecular formula is C9H11NO7S. The Balaban J connectivity index is 0.000000269. The van der Waals surface area contributed by atoms with Gasteiger partial charge in [0.25, 0.3) is 15.8 Å². The number of hydrogen-bond donors (Lipinski definition) is 2. The summed E-state index contributed by atoms with van der Waals surface area (Å²) in [7, 11) is -4.36. The van der Waals surface area contributed by atoms with E-state index in [2.05, 4.69) is 4.74 Å². The van der Waals surface area contributed by atoms with E-state index >= 15 is 0 Å². The molecule has 18 heavy (non-hydrogen) atoms. The lowest BCUT2D eigenvalue weighted by atomic mass is 10.3. The minimum Gasteiger partial charge on any atom is -0.394 e. The van der Waals surface area contributed by atoms with Crippen LogP contribution in [0.25, 0.3) is 0 Å². The predicted octanol–water partition coefficient (Wildman–Crippen LogP) is 0.219. The van der Waals surface area contributed by atoms with Crippen LogP contribution in [0.3, 0.4) is 0 Å². The van der Waals surface area contributed by atoms with Gasteiger partial charge in [0.2, 0.25) is 0 Å². The number of benzene rings is 1. The van der Waals surface area contributed by atoms with Gasteiger partial charge in [-0.2, -0.15) is 8.42 Å². The summed E-state index contributed by atoms with van der Waals surface area (Å²) in [5, 5.41) is 18.3. The van der Waals surface area contributed by atoms with E-state index in [0.29, 0.717) is 0 Å². The Morgan fingerprint density at radius 1 is 1.50 bits per heavy atom. The van der Waals surface area contributed by atoms with E-state index in [-0.39, 0.29) is 18.4 Å². The van der Waals surface area contributed by atoms with Gasteiger partial charge in [0.15, 0.2) is 0 Å². The van der Waals surface area contributed by atoms with Crippen LogP contribution in [0.15, 0.2) is 29.2 Å². The molecule has 0 radical (unpaired) electrons. The van der Waals surface area contributed by atoms with E-state index in [1.54, 1.807) is 0 Å². The zero-order chi connectivity index (χ0) is 13.8. The fourth-order valence-corrected chi connectivity index (χ4v) is 1.45. The summed E-state index contributed by atoms with van der Waals surface area (Å²) < 4.78 is 34.2. The van der Waals surface area contributed by atoms with Gasteiger partial charge in [-0.05, 0) is 6.07 Å². The van der Waals surface area contributed by atoms with Crippen LogP contribution >= 0.6 is 0 Å². The molecule has 0 aromatic heterocycles. The number of rotatable bonds is 3. The van der Waals surface area contributed by atoms with Crippen molar-refractivity contribution in [2.45, 2.75) is 11.0 Å². The zero-order valence-electron chi connectivity index (χ0n) is 9.09. The lowest BCUT2D eigenvalue weighted by Crippen LogP contribution is -1.98. The average Bonchev–Trinajstić information content (AvgIpc) is 3.12. The second-order valence-electron chi connectivity index (χ2n) is 3.37. The van der Waals surface area contributed by atoms with Gasteiger partial charge in [-0.15, -0.1) is 0 Å². The molecule has 1 aliphatic heterocycles. The summed E-state index contributed by atoms with van der Waals surface area (Å²) in [6.07, 6.45) is 0.190. The molecule has 1 unspecified atom stereocenters. The third-order valence-electron chi connectivity index (χ3n) is 1.93. The summed E-state index contributed by atoms with van der Waals surface area (Å²) in [4.78, 5) is 8.98. The maximum atomic E-state index is 10.5. The Morgan fingerprint density at radius 3 is 2.44 bits per heavy atom. The third kappa shape index (κ3) is 4.75. The summed E-state index contributed by atoms with van der Waals surface area (Å²) >= 11 is 0. The van der Waals surface area contributed by atoms with Crippen molar-refractivity contribution in [2.24, 2.45) is 0 Å². The number of nitro benzene ring substituents is 1. The van der Waals surface area contributed by atoms with Crippen LogP contribution in [-0.4, -0.2) is 42.3 Å². The molecule has 0 saturated carbocycles. The molecule has 1 aromatic rings. The van der Waals surface area contributed by atoms with Gasteiger partial charge >= 0.3 is 0 Å². The molecule has 8 nitrogen and oxygen atoms in total. The maximum Gasteiger partial charge on any atom is 0.294 e. The highest BCUT2D eigenvalue weighted by molar-refractivity contribution is 7.85. The molecule has 1 saturated heterocycles. The second-order valence-corrected chi connectivity index (χ2v) is 4.79. The van der Waals surface area contributed by atoms with Crippen LogP contribution in [0.2, 0.25) is 0 Å². The molecule has 1 aliphatic rings. The number of hydrogen-bond acceptors (Lipinski definition) is 6. The first-order valence-corrected chi connectivity index (χ1v) is 6.23. The third-order valence-corrected chi connectivity index (χ3v) is 2.78. The normalized spacial score (nSPS) is 17.6. The lowest BCUT2D eigenvalue weighted by Gasteiger charge is -1.95. The first-order valence-electron chi connectivity index (χ1n) is 4.79. The molecule has 1 aromatic carbocycles. The zero-order valence-corrected chi connectivity index (χ0v) is 9.91. The van der Waals surface area contributed by atoms with Gasteiger partial charge in [-0.25, -0.2) is 0 Å². The smallest absolute Gasteiger partial charge is 0.294 e. The highest BCUT2D eigenvalue weighted by Crippen LogP contribution is 2.16. The number of aliphatic hydroxyl groups is 1. The molecule has 9 heteroatoms. The Labute approximate surface area is 103 Å². The van der Waals surface area contributed by atoms with E-state index in [1.165, 1.54) is 6.07 Å². The van der Waals surface area contributed by atoms with Gasteiger partial charge in [-0.1, -0.05) is 6.07 Å².